The number of thiophene rings is 1. The van der Waals surface area contributed by atoms with Gasteiger partial charge < -0.3 is 10.4 Å². The number of hydrogen-bond donors (Lipinski definition) is 2. The van der Waals surface area contributed by atoms with Gasteiger partial charge in [0.25, 0.3) is 5.56 Å². The number of carboxylic acids is 1. The number of carboxylic acid groups (broad SMARTS) is 1. The third-order valence-corrected chi connectivity index (χ3v) is 4.07. The minimum atomic E-state index is -1.17. The van der Waals surface area contributed by atoms with Crippen LogP contribution in [0.2, 0.25) is 0 Å². The van der Waals surface area contributed by atoms with Crippen LogP contribution in [0.25, 0.3) is 10.2 Å². The van der Waals surface area contributed by atoms with Crippen LogP contribution in [0.1, 0.15) is 36.5 Å². The Balaban J connectivity index is 2.54. The van der Waals surface area contributed by atoms with Crippen LogP contribution in [0.4, 0.5) is 0 Å². The van der Waals surface area contributed by atoms with E-state index < -0.39 is 11.5 Å². The standard InChI is InChI=1S/C14H17N3O4S/c1-3-5-15-10(18)6-17-9(4-2)16-12-11(13(17)19)8(7-22-12)14(20)21/h7H,3-6H2,1-2H3,(H,15,18)(H,20,21). The van der Waals surface area contributed by atoms with Gasteiger partial charge in [-0.15, -0.1) is 11.3 Å². The van der Waals surface area contributed by atoms with E-state index >= 15 is 0 Å². The van der Waals surface area contributed by atoms with Gasteiger partial charge in [-0.25, -0.2) is 9.78 Å². The Morgan fingerprint density at radius 2 is 2.14 bits per heavy atom. The molecule has 0 aliphatic rings. The van der Waals surface area contributed by atoms with Crippen molar-refractivity contribution in [3.05, 3.63) is 27.1 Å². The van der Waals surface area contributed by atoms with Crippen LogP contribution in [0.3, 0.4) is 0 Å². The summed E-state index contributed by atoms with van der Waals surface area (Å²) in [7, 11) is 0. The topological polar surface area (TPSA) is 101 Å². The summed E-state index contributed by atoms with van der Waals surface area (Å²) in [4.78, 5) is 40.4. The normalized spacial score (nSPS) is 10.8. The highest BCUT2D eigenvalue weighted by Crippen LogP contribution is 2.21. The van der Waals surface area contributed by atoms with Crippen molar-refractivity contribution in [2.24, 2.45) is 0 Å². The Morgan fingerprint density at radius 1 is 1.41 bits per heavy atom. The average Bonchev–Trinajstić information content (AvgIpc) is 2.92. The van der Waals surface area contributed by atoms with E-state index in [0.717, 1.165) is 17.8 Å². The molecule has 0 saturated heterocycles. The van der Waals surface area contributed by atoms with Crippen LogP contribution in [-0.2, 0) is 17.8 Å². The monoisotopic (exact) mass is 323 g/mol. The summed E-state index contributed by atoms with van der Waals surface area (Å²) in [5.74, 6) is -0.980. The zero-order valence-corrected chi connectivity index (χ0v) is 13.2. The number of nitrogens with one attached hydrogen (secondary N) is 1. The van der Waals surface area contributed by atoms with Crippen molar-refractivity contribution < 1.29 is 14.7 Å². The van der Waals surface area contributed by atoms with Gasteiger partial charge in [-0.2, -0.15) is 0 Å². The molecule has 0 aromatic carbocycles. The number of rotatable bonds is 6. The Labute approximate surface area is 130 Å². The van der Waals surface area contributed by atoms with Crippen molar-refractivity contribution in [2.45, 2.75) is 33.2 Å². The van der Waals surface area contributed by atoms with E-state index in [-0.39, 0.29) is 23.4 Å². The van der Waals surface area contributed by atoms with Gasteiger partial charge in [0.2, 0.25) is 5.91 Å². The van der Waals surface area contributed by atoms with Gasteiger partial charge >= 0.3 is 5.97 Å². The van der Waals surface area contributed by atoms with Gasteiger partial charge in [-0.3, -0.25) is 14.2 Å². The minimum Gasteiger partial charge on any atom is -0.478 e. The lowest BCUT2D eigenvalue weighted by Crippen LogP contribution is -2.35. The van der Waals surface area contributed by atoms with E-state index in [1.807, 2.05) is 13.8 Å². The molecule has 0 radical (unpaired) electrons. The Morgan fingerprint density at radius 3 is 2.73 bits per heavy atom. The lowest BCUT2D eigenvalue weighted by atomic mass is 10.2. The number of nitrogens with zero attached hydrogens (tertiary/aromatic N) is 2. The van der Waals surface area contributed by atoms with Crippen molar-refractivity contribution in [1.82, 2.24) is 14.9 Å². The smallest absolute Gasteiger partial charge is 0.337 e. The molecule has 2 rings (SSSR count). The quantitative estimate of drug-likeness (QED) is 0.833. The predicted molar refractivity (Wildman–Crippen MR) is 83.5 cm³/mol. The van der Waals surface area contributed by atoms with Crippen molar-refractivity contribution in [1.29, 1.82) is 0 Å². The van der Waals surface area contributed by atoms with Gasteiger partial charge in [0.15, 0.2) is 0 Å². The van der Waals surface area contributed by atoms with Crippen molar-refractivity contribution >= 4 is 33.4 Å². The molecule has 0 fully saturated rings. The van der Waals surface area contributed by atoms with Crippen LogP contribution in [0, 0.1) is 0 Å². The maximum Gasteiger partial charge on any atom is 0.337 e. The van der Waals surface area contributed by atoms with Gasteiger partial charge in [0, 0.05) is 18.3 Å². The first-order valence-electron chi connectivity index (χ1n) is 7.00. The summed E-state index contributed by atoms with van der Waals surface area (Å²) >= 11 is 1.12. The Hall–Kier alpha value is -2.22. The van der Waals surface area contributed by atoms with E-state index in [9.17, 15) is 14.4 Å². The summed E-state index contributed by atoms with van der Waals surface area (Å²) in [5.41, 5.74) is -0.546. The second kappa shape index (κ2) is 6.69. The summed E-state index contributed by atoms with van der Waals surface area (Å²) in [6, 6.07) is 0. The first-order valence-corrected chi connectivity index (χ1v) is 7.88. The van der Waals surface area contributed by atoms with Gasteiger partial charge in [0.1, 0.15) is 17.2 Å². The Kier molecular flexibility index (Phi) is 4.92. The first-order chi connectivity index (χ1) is 10.5. The average molecular weight is 323 g/mol. The zero-order chi connectivity index (χ0) is 16.3. The molecule has 8 heteroatoms. The fourth-order valence-electron chi connectivity index (χ4n) is 2.12. The van der Waals surface area contributed by atoms with E-state index in [4.69, 9.17) is 5.11 Å². The van der Waals surface area contributed by atoms with E-state index in [1.54, 1.807) is 0 Å². The third kappa shape index (κ3) is 3.01. The molecular formula is C14H17N3O4S. The minimum absolute atomic E-state index is 0.0668. The molecule has 118 valence electrons. The molecule has 2 N–H and O–H groups in total. The molecule has 0 spiro atoms. The van der Waals surface area contributed by atoms with Crippen LogP contribution >= 0.6 is 11.3 Å². The summed E-state index contributed by atoms with van der Waals surface area (Å²) in [6.07, 6.45) is 1.28. The molecule has 0 aliphatic heterocycles. The highest BCUT2D eigenvalue weighted by atomic mass is 32.1. The fourth-order valence-corrected chi connectivity index (χ4v) is 3.04. The summed E-state index contributed by atoms with van der Waals surface area (Å²) in [6.45, 7) is 4.14. The molecule has 2 aromatic rings. The number of aromatic nitrogens is 2. The molecule has 22 heavy (non-hydrogen) atoms. The highest BCUT2D eigenvalue weighted by molar-refractivity contribution is 7.17. The van der Waals surface area contributed by atoms with Gasteiger partial charge in [-0.1, -0.05) is 13.8 Å². The number of amides is 1. The van der Waals surface area contributed by atoms with Gasteiger partial charge in [0.05, 0.1) is 10.9 Å². The van der Waals surface area contributed by atoms with Crippen LogP contribution in [0.5, 0.6) is 0 Å². The second-order valence-corrected chi connectivity index (χ2v) is 5.62. The number of carbonyl (C=O) groups is 2. The lowest BCUT2D eigenvalue weighted by Gasteiger charge is -2.11. The molecular weight excluding hydrogens is 306 g/mol. The molecule has 7 nitrogen and oxygen atoms in total. The maximum absolute atomic E-state index is 12.6. The van der Waals surface area contributed by atoms with Crippen LogP contribution < -0.4 is 10.9 Å². The number of aromatic carboxylic acids is 1. The molecule has 0 bridgehead atoms. The number of hydrogen-bond acceptors (Lipinski definition) is 5. The van der Waals surface area contributed by atoms with Crippen molar-refractivity contribution in [2.75, 3.05) is 6.54 Å². The fraction of sp³-hybridized carbons (Fsp3) is 0.429. The van der Waals surface area contributed by atoms with Gasteiger partial charge in [-0.05, 0) is 6.42 Å². The first kappa shape index (κ1) is 16.2. The van der Waals surface area contributed by atoms with Crippen LogP contribution in [0.15, 0.2) is 10.2 Å². The van der Waals surface area contributed by atoms with Crippen molar-refractivity contribution in [3.8, 4) is 0 Å². The van der Waals surface area contributed by atoms with E-state index in [0.29, 0.717) is 23.6 Å². The summed E-state index contributed by atoms with van der Waals surface area (Å²) in [5, 5.41) is 13.3. The molecule has 0 aliphatic carbocycles. The molecule has 1 amide bonds. The lowest BCUT2D eigenvalue weighted by molar-refractivity contribution is -0.121. The van der Waals surface area contributed by atoms with E-state index in [2.05, 4.69) is 10.3 Å². The third-order valence-electron chi connectivity index (χ3n) is 3.19. The molecule has 0 atom stereocenters. The largest absolute Gasteiger partial charge is 0.478 e. The number of aryl methyl sites for hydroxylation is 1. The zero-order valence-electron chi connectivity index (χ0n) is 12.4. The number of fused-ring (bicyclic) bond motifs is 1. The molecule has 0 unspecified atom stereocenters. The van der Waals surface area contributed by atoms with E-state index in [1.165, 1.54) is 9.95 Å². The number of carbonyl (C=O) groups excluding carboxylic acids is 1. The van der Waals surface area contributed by atoms with Crippen molar-refractivity contribution in [3.63, 3.8) is 0 Å². The highest BCUT2D eigenvalue weighted by Gasteiger charge is 2.19. The Bertz CT molecular complexity index is 778. The predicted octanol–water partition coefficient (Wildman–Crippen LogP) is 1.24. The SMILES string of the molecule is CCCNC(=O)Cn1c(CC)nc2scc(C(=O)O)c2c1=O. The maximum atomic E-state index is 12.6. The van der Waals surface area contributed by atoms with Crippen LogP contribution in [-0.4, -0.2) is 33.1 Å². The molecule has 2 aromatic heterocycles. The molecule has 0 saturated carbocycles. The molecule has 2 heterocycles. The second-order valence-electron chi connectivity index (χ2n) is 4.76. The summed E-state index contributed by atoms with van der Waals surface area (Å²) < 4.78 is 1.26.